The van der Waals surface area contributed by atoms with E-state index in [1.807, 2.05) is 6.92 Å². The predicted octanol–water partition coefficient (Wildman–Crippen LogP) is 2.37. The van der Waals surface area contributed by atoms with E-state index in [2.05, 4.69) is 10.5 Å². The van der Waals surface area contributed by atoms with Crippen molar-refractivity contribution in [2.45, 2.75) is 25.3 Å². The van der Waals surface area contributed by atoms with E-state index in [0.29, 0.717) is 17.2 Å². The van der Waals surface area contributed by atoms with Crippen molar-refractivity contribution in [2.24, 2.45) is 5.92 Å². The van der Waals surface area contributed by atoms with Crippen molar-refractivity contribution in [3.8, 4) is 11.3 Å². The van der Waals surface area contributed by atoms with Gasteiger partial charge in [-0.25, -0.2) is 4.39 Å². The topological polar surface area (TPSA) is 75.4 Å². The second-order valence-corrected chi connectivity index (χ2v) is 5.89. The lowest BCUT2D eigenvalue weighted by Gasteiger charge is -2.28. The maximum atomic E-state index is 12.9. The molecular formula is C16H17FN2O3. The van der Waals surface area contributed by atoms with Crippen LogP contribution in [0, 0.1) is 11.7 Å². The Morgan fingerprint density at radius 1 is 1.45 bits per heavy atom. The monoisotopic (exact) mass is 304 g/mol. The molecule has 1 saturated carbocycles. The van der Waals surface area contributed by atoms with Crippen LogP contribution < -0.4 is 5.32 Å². The van der Waals surface area contributed by atoms with Crippen molar-refractivity contribution in [3.63, 3.8) is 0 Å². The quantitative estimate of drug-likeness (QED) is 0.889. The molecule has 1 fully saturated rings. The van der Waals surface area contributed by atoms with Gasteiger partial charge in [0, 0.05) is 11.6 Å². The van der Waals surface area contributed by atoms with Crippen LogP contribution in [-0.4, -0.2) is 28.3 Å². The highest BCUT2D eigenvalue weighted by Gasteiger charge is 2.42. The minimum atomic E-state index is -0.633. The fraction of sp³-hybridized carbons (Fsp3) is 0.375. The number of rotatable bonds is 5. The van der Waals surface area contributed by atoms with Crippen LogP contribution in [0.5, 0.6) is 0 Å². The van der Waals surface area contributed by atoms with Crippen LogP contribution in [0.1, 0.15) is 30.3 Å². The SMILES string of the molecule is CC(CO)(NC(=O)c1cc(-c2ccc(F)cc2)on1)C1CC1. The van der Waals surface area contributed by atoms with Gasteiger partial charge >= 0.3 is 0 Å². The minimum absolute atomic E-state index is 0.119. The zero-order valence-electron chi connectivity index (χ0n) is 12.2. The van der Waals surface area contributed by atoms with Crippen molar-refractivity contribution >= 4 is 5.91 Å². The molecule has 5 nitrogen and oxygen atoms in total. The molecule has 2 aromatic rings. The Morgan fingerprint density at radius 2 is 2.14 bits per heavy atom. The van der Waals surface area contributed by atoms with Crippen molar-refractivity contribution in [2.75, 3.05) is 6.61 Å². The molecule has 0 aliphatic heterocycles. The van der Waals surface area contributed by atoms with Crippen LogP contribution in [-0.2, 0) is 0 Å². The van der Waals surface area contributed by atoms with Crippen molar-refractivity contribution in [3.05, 3.63) is 41.8 Å². The largest absolute Gasteiger partial charge is 0.394 e. The number of hydrogen-bond acceptors (Lipinski definition) is 4. The molecule has 116 valence electrons. The molecule has 1 aromatic heterocycles. The first-order valence-corrected chi connectivity index (χ1v) is 7.18. The van der Waals surface area contributed by atoms with Gasteiger partial charge in [0.1, 0.15) is 5.82 Å². The molecular weight excluding hydrogens is 287 g/mol. The van der Waals surface area contributed by atoms with Crippen molar-refractivity contribution in [1.82, 2.24) is 10.5 Å². The summed E-state index contributed by atoms with van der Waals surface area (Å²) in [6.45, 7) is 1.70. The second kappa shape index (κ2) is 5.53. The summed E-state index contributed by atoms with van der Waals surface area (Å²) in [4.78, 5) is 12.2. The lowest BCUT2D eigenvalue weighted by atomic mass is 9.97. The number of halogens is 1. The van der Waals surface area contributed by atoms with Crippen LogP contribution >= 0.6 is 0 Å². The van der Waals surface area contributed by atoms with E-state index in [1.165, 1.54) is 18.2 Å². The first-order chi connectivity index (χ1) is 10.5. The van der Waals surface area contributed by atoms with Gasteiger partial charge in [0.2, 0.25) is 0 Å². The number of benzene rings is 1. The van der Waals surface area contributed by atoms with E-state index in [4.69, 9.17) is 4.52 Å². The summed E-state index contributed by atoms with van der Waals surface area (Å²) in [6, 6.07) is 7.24. The van der Waals surface area contributed by atoms with Crippen LogP contribution in [0.4, 0.5) is 4.39 Å². The third kappa shape index (κ3) is 2.87. The van der Waals surface area contributed by atoms with E-state index in [-0.39, 0.29) is 24.0 Å². The van der Waals surface area contributed by atoms with Crippen molar-refractivity contribution in [1.29, 1.82) is 0 Å². The summed E-state index contributed by atoms with van der Waals surface area (Å²) in [5.74, 6) is -0.0443. The third-order valence-electron chi connectivity index (χ3n) is 4.08. The number of nitrogens with one attached hydrogen (secondary N) is 1. The third-order valence-corrected chi connectivity index (χ3v) is 4.08. The van der Waals surface area contributed by atoms with Crippen LogP contribution in [0.15, 0.2) is 34.9 Å². The molecule has 6 heteroatoms. The Bertz CT molecular complexity index is 679. The number of aromatic nitrogens is 1. The summed E-state index contributed by atoms with van der Waals surface area (Å²) < 4.78 is 18.0. The molecule has 1 aliphatic rings. The van der Waals surface area contributed by atoms with Crippen LogP contribution in [0.25, 0.3) is 11.3 Å². The Kier molecular flexibility index (Phi) is 3.70. The summed E-state index contributed by atoms with van der Waals surface area (Å²) >= 11 is 0. The van der Waals surface area contributed by atoms with Gasteiger partial charge in [-0.1, -0.05) is 5.16 Å². The lowest BCUT2D eigenvalue weighted by Crippen LogP contribution is -2.50. The first kappa shape index (κ1) is 14.7. The van der Waals surface area contributed by atoms with E-state index in [9.17, 15) is 14.3 Å². The average Bonchev–Trinajstić information content (AvgIpc) is 3.26. The molecule has 1 amide bonds. The molecule has 2 N–H and O–H groups in total. The summed E-state index contributed by atoms with van der Waals surface area (Å²) in [7, 11) is 0. The van der Waals surface area contributed by atoms with Gasteiger partial charge in [-0.3, -0.25) is 4.79 Å². The highest BCUT2D eigenvalue weighted by Crippen LogP contribution is 2.39. The zero-order valence-corrected chi connectivity index (χ0v) is 12.2. The van der Waals surface area contributed by atoms with Gasteiger partial charge in [0.25, 0.3) is 5.91 Å². The maximum absolute atomic E-state index is 12.9. The number of aliphatic hydroxyl groups excluding tert-OH is 1. The highest BCUT2D eigenvalue weighted by molar-refractivity contribution is 5.93. The number of carbonyl (C=O) groups excluding carboxylic acids is 1. The summed E-state index contributed by atoms with van der Waals surface area (Å²) in [6.07, 6.45) is 1.99. The minimum Gasteiger partial charge on any atom is -0.394 e. The number of amides is 1. The molecule has 0 spiro atoms. The molecule has 3 rings (SSSR count). The lowest BCUT2D eigenvalue weighted by molar-refractivity contribution is 0.0815. The molecule has 22 heavy (non-hydrogen) atoms. The Hall–Kier alpha value is -2.21. The van der Waals surface area contributed by atoms with Gasteiger partial charge in [0.05, 0.1) is 12.1 Å². The highest BCUT2D eigenvalue weighted by atomic mass is 19.1. The molecule has 0 saturated heterocycles. The predicted molar refractivity (Wildman–Crippen MR) is 77.6 cm³/mol. The smallest absolute Gasteiger partial charge is 0.273 e. The molecule has 1 aliphatic carbocycles. The first-order valence-electron chi connectivity index (χ1n) is 7.18. The fourth-order valence-corrected chi connectivity index (χ4v) is 2.45. The Balaban J connectivity index is 1.75. The molecule has 1 unspecified atom stereocenters. The number of aliphatic hydroxyl groups is 1. The number of nitrogens with zero attached hydrogens (tertiary/aromatic N) is 1. The van der Waals surface area contributed by atoms with E-state index in [1.54, 1.807) is 12.1 Å². The molecule has 0 bridgehead atoms. The molecule has 1 heterocycles. The molecule has 1 aromatic carbocycles. The molecule has 1 atom stereocenters. The van der Waals surface area contributed by atoms with E-state index < -0.39 is 5.54 Å². The van der Waals surface area contributed by atoms with Gasteiger partial charge < -0.3 is 14.9 Å². The van der Waals surface area contributed by atoms with Crippen LogP contribution in [0.3, 0.4) is 0 Å². The second-order valence-electron chi connectivity index (χ2n) is 5.89. The van der Waals surface area contributed by atoms with E-state index >= 15 is 0 Å². The number of hydrogen-bond donors (Lipinski definition) is 2. The Labute approximate surface area is 127 Å². The van der Waals surface area contributed by atoms with Crippen molar-refractivity contribution < 1.29 is 18.8 Å². The number of carbonyl (C=O) groups is 1. The normalized spacial score (nSPS) is 17.0. The Morgan fingerprint density at radius 3 is 2.73 bits per heavy atom. The zero-order chi connectivity index (χ0) is 15.7. The standard InChI is InChI=1S/C16H17FN2O3/c1-16(9-20,11-4-5-11)18-15(21)13-8-14(22-19-13)10-2-6-12(17)7-3-10/h2-3,6-8,11,20H,4-5,9H2,1H3,(H,18,21). The summed E-state index contributed by atoms with van der Waals surface area (Å²) in [5.41, 5.74) is 0.145. The van der Waals surface area contributed by atoms with E-state index in [0.717, 1.165) is 12.8 Å². The molecule has 0 radical (unpaired) electrons. The van der Waals surface area contributed by atoms with Gasteiger partial charge in [-0.2, -0.15) is 0 Å². The maximum Gasteiger partial charge on any atom is 0.273 e. The average molecular weight is 304 g/mol. The van der Waals surface area contributed by atoms with Gasteiger partial charge in [-0.05, 0) is 49.9 Å². The summed E-state index contributed by atoms with van der Waals surface area (Å²) in [5, 5.41) is 16.1. The van der Waals surface area contributed by atoms with Crippen LogP contribution in [0.2, 0.25) is 0 Å². The fourth-order valence-electron chi connectivity index (χ4n) is 2.45. The van der Waals surface area contributed by atoms with Gasteiger partial charge in [-0.15, -0.1) is 0 Å². The van der Waals surface area contributed by atoms with Gasteiger partial charge in [0.15, 0.2) is 11.5 Å².